The van der Waals surface area contributed by atoms with Crippen LogP contribution in [0.3, 0.4) is 0 Å². The highest BCUT2D eigenvalue weighted by Gasteiger charge is 2.22. The first-order valence-electron chi connectivity index (χ1n) is 9.64. The van der Waals surface area contributed by atoms with E-state index in [9.17, 15) is 18.8 Å². The first-order chi connectivity index (χ1) is 15.4. The van der Waals surface area contributed by atoms with E-state index in [1.165, 1.54) is 41.3 Å². The van der Waals surface area contributed by atoms with E-state index in [2.05, 4.69) is 0 Å². The van der Waals surface area contributed by atoms with Gasteiger partial charge in [0, 0.05) is 11.3 Å². The number of hydrogen-bond donors (Lipinski definition) is 1. The van der Waals surface area contributed by atoms with Gasteiger partial charge in [0.15, 0.2) is 6.61 Å². The lowest BCUT2D eigenvalue weighted by Gasteiger charge is -2.22. The summed E-state index contributed by atoms with van der Waals surface area (Å²) in [7, 11) is 0. The molecular weight excluding hydrogens is 417 g/mol. The zero-order valence-corrected chi connectivity index (χ0v) is 16.9. The summed E-state index contributed by atoms with van der Waals surface area (Å²) < 4.78 is 23.6. The SMILES string of the molecule is O=C(O)COc1ccc(N(CC(=O)OCc2ccccc2)C(=O)c2ccc(F)cc2)cc1. The minimum atomic E-state index is -1.12. The number of rotatable bonds is 9. The number of carboxylic acids is 1. The third-order valence-electron chi connectivity index (χ3n) is 4.38. The van der Waals surface area contributed by atoms with Crippen molar-refractivity contribution in [3.8, 4) is 5.75 Å². The fraction of sp³-hybridized carbons (Fsp3) is 0.125. The van der Waals surface area contributed by atoms with Crippen LogP contribution in [0.1, 0.15) is 15.9 Å². The predicted octanol–water partition coefficient (Wildman–Crippen LogP) is 3.68. The number of carbonyl (C=O) groups excluding carboxylic acids is 2. The van der Waals surface area contributed by atoms with Crippen LogP contribution < -0.4 is 9.64 Å². The third-order valence-corrected chi connectivity index (χ3v) is 4.38. The zero-order valence-electron chi connectivity index (χ0n) is 16.9. The number of amides is 1. The van der Waals surface area contributed by atoms with E-state index in [0.29, 0.717) is 5.69 Å². The Bertz CT molecular complexity index is 1070. The van der Waals surface area contributed by atoms with Crippen LogP contribution in [0.25, 0.3) is 0 Å². The highest BCUT2D eigenvalue weighted by Crippen LogP contribution is 2.22. The van der Waals surface area contributed by atoms with Crippen LogP contribution in [-0.2, 0) is 20.9 Å². The van der Waals surface area contributed by atoms with Gasteiger partial charge in [-0.25, -0.2) is 9.18 Å². The van der Waals surface area contributed by atoms with Crippen LogP contribution in [0.5, 0.6) is 5.75 Å². The number of benzene rings is 3. The lowest BCUT2D eigenvalue weighted by Crippen LogP contribution is -2.36. The van der Waals surface area contributed by atoms with Gasteiger partial charge in [-0.15, -0.1) is 0 Å². The fourth-order valence-corrected chi connectivity index (χ4v) is 2.81. The van der Waals surface area contributed by atoms with Crippen molar-refractivity contribution in [1.82, 2.24) is 0 Å². The summed E-state index contributed by atoms with van der Waals surface area (Å²) in [5, 5.41) is 8.71. The maximum absolute atomic E-state index is 13.3. The van der Waals surface area contributed by atoms with Gasteiger partial charge in [-0.1, -0.05) is 30.3 Å². The van der Waals surface area contributed by atoms with Crippen molar-refractivity contribution in [3.63, 3.8) is 0 Å². The van der Waals surface area contributed by atoms with E-state index in [1.54, 1.807) is 0 Å². The second kappa shape index (κ2) is 10.7. The molecule has 1 amide bonds. The Morgan fingerprint density at radius 2 is 1.53 bits per heavy atom. The Balaban J connectivity index is 1.77. The van der Waals surface area contributed by atoms with Crippen LogP contribution in [0, 0.1) is 5.82 Å². The van der Waals surface area contributed by atoms with Gasteiger partial charge in [0.25, 0.3) is 5.91 Å². The molecule has 7 nitrogen and oxygen atoms in total. The Hall–Kier alpha value is -4.20. The summed E-state index contributed by atoms with van der Waals surface area (Å²) in [5.41, 5.74) is 1.35. The Labute approximate surface area is 183 Å². The van der Waals surface area contributed by atoms with Crippen molar-refractivity contribution in [2.24, 2.45) is 0 Å². The third kappa shape index (κ3) is 6.40. The van der Waals surface area contributed by atoms with Crippen molar-refractivity contribution in [3.05, 3.63) is 95.8 Å². The number of aliphatic carboxylic acids is 1. The predicted molar refractivity (Wildman–Crippen MR) is 114 cm³/mol. The van der Waals surface area contributed by atoms with Crippen LogP contribution in [0.15, 0.2) is 78.9 Å². The van der Waals surface area contributed by atoms with Gasteiger partial charge in [0.05, 0.1) is 0 Å². The number of anilines is 1. The maximum atomic E-state index is 13.3. The zero-order chi connectivity index (χ0) is 22.9. The van der Waals surface area contributed by atoms with Gasteiger partial charge in [-0.05, 0) is 54.1 Å². The largest absolute Gasteiger partial charge is 0.482 e. The first kappa shape index (κ1) is 22.5. The Morgan fingerprint density at radius 3 is 2.16 bits per heavy atom. The number of carbonyl (C=O) groups is 3. The number of esters is 1. The number of ether oxygens (including phenoxy) is 2. The van der Waals surface area contributed by atoms with Gasteiger partial charge in [-0.2, -0.15) is 0 Å². The van der Waals surface area contributed by atoms with E-state index in [4.69, 9.17) is 14.6 Å². The molecule has 32 heavy (non-hydrogen) atoms. The summed E-state index contributed by atoms with van der Waals surface area (Å²) in [6.45, 7) is -0.831. The van der Waals surface area contributed by atoms with Crippen LogP contribution in [-0.4, -0.2) is 36.1 Å². The molecule has 8 heteroatoms. The monoisotopic (exact) mass is 437 g/mol. The van der Waals surface area contributed by atoms with Crippen LogP contribution >= 0.6 is 0 Å². The van der Waals surface area contributed by atoms with Crippen LogP contribution in [0.4, 0.5) is 10.1 Å². The molecule has 0 radical (unpaired) electrons. The van der Waals surface area contributed by atoms with Crippen molar-refractivity contribution >= 4 is 23.5 Å². The van der Waals surface area contributed by atoms with E-state index in [-0.39, 0.29) is 24.5 Å². The summed E-state index contributed by atoms with van der Waals surface area (Å²) in [6, 6.07) is 20.1. The maximum Gasteiger partial charge on any atom is 0.341 e. The van der Waals surface area contributed by atoms with Crippen molar-refractivity contribution < 1.29 is 33.4 Å². The van der Waals surface area contributed by atoms with Gasteiger partial charge < -0.3 is 14.6 Å². The summed E-state index contributed by atoms with van der Waals surface area (Å²) in [4.78, 5) is 37.4. The molecular formula is C24H20FNO6. The lowest BCUT2D eigenvalue weighted by atomic mass is 10.1. The molecule has 3 rings (SSSR count). The highest BCUT2D eigenvalue weighted by molar-refractivity contribution is 6.08. The number of halogens is 1. The normalized spacial score (nSPS) is 10.3. The molecule has 0 fully saturated rings. The highest BCUT2D eigenvalue weighted by atomic mass is 19.1. The van der Waals surface area contributed by atoms with E-state index in [1.807, 2.05) is 30.3 Å². The van der Waals surface area contributed by atoms with Gasteiger partial charge in [0.1, 0.15) is 24.7 Å². The fourth-order valence-electron chi connectivity index (χ4n) is 2.81. The molecule has 0 aliphatic rings. The second-order valence-corrected chi connectivity index (χ2v) is 6.72. The number of hydrogen-bond acceptors (Lipinski definition) is 5. The lowest BCUT2D eigenvalue weighted by molar-refractivity contribution is -0.143. The molecule has 0 aliphatic heterocycles. The summed E-state index contributed by atoms with van der Waals surface area (Å²) in [5.74, 6) is -2.48. The quantitative estimate of drug-likeness (QED) is 0.514. The summed E-state index contributed by atoms with van der Waals surface area (Å²) >= 11 is 0. The average molecular weight is 437 g/mol. The van der Waals surface area contributed by atoms with E-state index >= 15 is 0 Å². The molecule has 0 aliphatic carbocycles. The molecule has 3 aromatic carbocycles. The molecule has 164 valence electrons. The molecule has 0 aromatic heterocycles. The molecule has 0 unspecified atom stereocenters. The Kier molecular flexibility index (Phi) is 7.53. The molecule has 0 saturated heterocycles. The standard InChI is InChI=1S/C24H20FNO6/c25-19-8-6-18(7-9-19)24(30)26(14-23(29)32-15-17-4-2-1-3-5-17)20-10-12-21(13-11-20)31-16-22(27)28/h1-13H,14-16H2,(H,27,28). The van der Waals surface area contributed by atoms with Gasteiger partial charge >= 0.3 is 11.9 Å². The molecule has 0 spiro atoms. The molecule has 0 bridgehead atoms. The second-order valence-electron chi connectivity index (χ2n) is 6.72. The number of carboxylic acid groups (broad SMARTS) is 1. The van der Waals surface area contributed by atoms with Crippen molar-refractivity contribution in [1.29, 1.82) is 0 Å². The summed E-state index contributed by atoms with van der Waals surface area (Å²) in [6.07, 6.45) is 0. The minimum absolute atomic E-state index is 0.0558. The molecule has 3 aromatic rings. The van der Waals surface area contributed by atoms with Gasteiger partial charge in [0.2, 0.25) is 0 Å². The van der Waals surface area contributed by atoms with Crippen molar-refractivity contribution in [2.75, 3.05) is 18.1 Å². The molecule has 0 saturated carbocycles. The number of nitrogens with zero attached hydrogens (tertiary/aromatic N) is 1. The van der Waals surface area contributed by atoms with Gasteiger partial charge in [-0.3, -0.25) is 14.5 Å². The molecule has 0 heterocycles. The topological polar surface area (TPSA) is 93.1 Å². The molecule has 0 atom stereocenters. The van der Waals surface area contributed by atoms with Crippen LogP contribution in [0.2, 0.25) is 0 Å². The smallest absolute Gasteiger partial charge is 0.341 e. The minimum Gasteiger partial charge on any atom is -0.482 e. The Morgan fingerprint density at radius 1 is 0.875 bits per heavy atom. The molecule has 1 N–H and O–H groups in total. The van der Waals surface area contributed by atoms with E-state index in [0.717, 1.165) is 17.7 Å². The average Bonchev–Trinajstić information content (AvgIpc) is 2.81. The van der Waals surface area contributed by atoms with E-state index < -0.39 is 30.3 Å². The van der Waals surface area contributed by atoms with Crippen molar-refractivity contribution in [2.45, 2.75) is 6.61 Å². The first-order valence-corrected chi connectivity index (χ1v) is 9.64.